The van der Waals surface area contributed by atoms with Gasteiger partial charge in [-0.25, -0.2) is 0 Å². The number of nitrogens with zero attached hydrogens (tertiary/aromatic N) is 1. The Morgan fingerprint density at radius 2 is 2.09 bits per heavy atom. The molecule has 54 valence electrons. The highest BCUT2D eigenvalue weighted by Gasteiger charge is 1.95. The molecule has 0 atom stereocenters. The zero-order valence-corrected chi connectivity index (χ0v) is 6.71. The summed E-state index contributed by atoms with van der Waals surface area (Å²) in [5.41, 5.74) is 2.28. The quantitative estimate of drug-likeness (QED) is 0.581. The van der Waals surface area contributed by atoms with E-state index in [0.29, 0.717) is 0 Å². The molecule has 2 rings (SSSR count). The lowest BCUT2D eigenvalue weighted by Crippen LogP contribution is -1.80. The number of pyridine rings is 1. The molecule has 0 spiro atoms. The fourth-order valence-electron chi connectivity index (χ4n) is 1.18. The van der Waals surface area contributed by atoms with Crippen molar-refractivity contribution in [1.29, 1.82) is 0 Å². The van der Waals surface area contributed by atoms with Gasteiger partial charge in [-0.15, -0.1) is 0 Å². The van der Waals surface area contributed by atoms with Gasteiger partial charge in [0.15, 0.2) is 0 Å². The van der Waals surface area contributed by atoms with Crippen LogP contribution in [0, 0.1) is 0 Å². The number of hydrogen-bond acceptors (Lipinski definition) is 1. The van der Waals surface area contributed by atoms with Crippen LogP contribution in [0.2, 0.25) is 0 Å². The topological polar surface area (TPSA) is 4.41 Å². The summed E-state index contributed by atoms with van der Waals surface area (Å²) in [5, 5.41) is 1.70. The Bertz CT molecular complexity index is 389. The molecule has 11 heavy (non-hydrogen) atoms. The Morgan fingerprint density at radius 1 is 1.18 bits per heavy atom. The van der Waals surface area contributed by atoms with E-state index < -0.39 is 0 Å². The minimum Gasteiger partial charge on any atom is -0.323 e. The smallest absolute Gasteiger partial charge is 0.0530 e. The van der Waals surface area contributed by atoms with Gasteiger partial charge in [-0.05, 0) is 18.2 Å². The standard InChI is InChI=1S/C9H7NS/c11-7-8-4-6-10-5-2-1-3-9(8)10/h1-7H. The summed E-state index contributed by atoms with van der Waals surface area (Å²) < 4.78 is 2.05. The molecule has 0 aliphatic heterocycles. The van der Waals surface area contributed by atoms with E-state index in [9.17, 15) is 0 Å². The van der Waals surface area contributed by atoms with Crippen molar-refractivity contribution < 1.29 is 0 Å². The van der Waals surface area contributed by atoms with Gasteiger partial charge < -0.3 is 4.40 Å². The molecule has 2 heterocycles. The van der Waals surface area contributed by atoms with Crippen molar-refractivity contribution in [3.8, 4) is 0 Å². The fraction of sp³-hybridized carbons (Fsp3) is 0. The Kier molecular flexibility index (Phi) is 1.47. The van der Waals surface area contributed by atoms with E-state index in [-0.39, 0.29) is 0 Å². The maximum atomic E-state index is 4.86. The van der Waals surface area contributed by atoms with E-state index in [1.165, 1.54) is 5.52 Å². The molecule has 0 N–H and O–H groups in total. The molecule has 1 nitrogen and oxygen atoms in total. The summed E-state index contributed by atoms with van der Waals surface area (Å²) >= 11 is 4.86. The van der Waals surface area contributed by atoms with E-state index in [4.69, 9.17) is 12.2 Å². The molecule has 0 unspecified atom stereocenters. The lowest BCUT2D eigenvalue weighted by Gasteiger charge is -1.92. The Balaban J connectivity index is 2.86. The van der Waals surface area contributed by atoms with Crippen molar-refractivity contribution in [3.63, 3.8) is 0 Å². The average molecular weight is 161 g/mol. The molecule has 2 aromatic heterocycles. The highest BCUT2D eigenvalue weighted by atomic mass is 32.1. The van der Waals surface area contributed by atoms with Gasteiger partial charge in [0, 0.05) is 23.3 Å². The van der Waals surface area contributed by atoms with Crippen LogP contribution in [0.25, 0.3) is 5.52 Å². The second-order valence-electron chi connectivity index (χ2n) is 2.38. The third-order valence-corrected chi connectivity index (χ3v) is 1.98. The molecular weight excluding hydrogens is 154 g/mol. The Hall–Kier alpha value is -1.15. The first-order valence-electron chi connectivity index (χ1n) is 3.43. The monoisotopic (exact) mass is 161 g/mol. The van der Waals surface area contributed by atoms with Gasteiger partial charge in [0.2, 0.25) is 0 Å². The van der Waals surface area contributed by atoms with Crippen LogP contribution < -0.4 is 0 Å². The SMILES string of the molecule is S=Cc1ccn2ccccc12. The summed E-state index contributed by atoms with van der Waals surface area (Å²) in [7, 11) is 0. The highest BCUT2D eigenvalue weighted by Crippen LogP contribution is 2.09. The predicted molar refractivity (Wildman–Crippen MR) is 50.2 cm³/mol. The molecule has 0 bridgehead atoms. The van der Waals surface area contributed by atoms with Crippen LogP contribution in [0.15, 0.2) is 36.7 Å². The predicted octanol–water partition coefficient (Wildman–Crippen LogP) is 2.29. The molecule has 0 aliphatic rings. The largest absolute Gasteiger partial charge is 0.323 e. The van der Waals surface area contributed by atoms with Crippen LogP contribution in [-0.4, -0.2) is 9.77 Å². The van der Waals surface area contributed by atoms with Crippen molar-refractivity contribution in [1.82, 2.24) is 4.40 Å². The summed E-state index contributed by atoms with van der Waals surface area (Å²) in [6, 6.07) is 8.08. The molecule has 2 heteroatoms. The van der Waals surface area contributed by atoms with Crippen LogP contribution >= 0.6 is 12.2 Å². The second kappa shape index (κ2) is 2.47. The molecule has 0 fully saturated rings. The minimum absolute atomic E-state index is 1.11. The average Bonchev–Trinajstić information content (AvgIpc) is 2.47. The minimum atomic E-state index is 1.11. The van der Waals surface area contributed by atoms with Crippen LogP contribution in [-0.2, 0) is 0 Å². The van der Waals surface area contributed by atoms with Crippen molar-refractivity contribution in [2.45, 2.75) is 0 Å². The van der Waals surface area contributed by atoms with Crippen LogP contribution in [0.3, 0.4) is 0 Å². The molecule has 0 aliphatic carbocycles. The molecule has 2 aromatic rings. The number of thiocarbonyl (C=S) groups is 1. The van der Waals surface area contributed by atoms with Crippen molar-refractivity contribution >= 4 is 23.1 Å². The molecule has 0 radical (unpaired) electrons. The van der Waals surface area contributed by atoms with E-state index in [1.807, 2.05) is 30.6 Å². The number of rotatable bonds is 1. The summed E-state index contributed by atoms with van der Waals surface area (Å²) in [6.45, 7) is 0. The van der Waals surface area contributed by atoms with Crippen molar-refractivity contribution in [2.75, 3.05) is 0 Å². The van der Waals surface area contributed by atoms with Gasteiger partial charge in [0.25, 0.3) is 0 Å². The normalized spacial score (nSPS) is 10.2. The maximum Gasteiger partial charge on any atom is 0.0530 e. The van der Waals surface area contributed by atoms with Gasteiger partial charge in [-0.2, -0.15) is 0 Å². The Morgan fingerprint density at radius 3 is 2.91 bits per heavy atom. The van der Waals surface area contributed by atoms with Crippen LogP contribution in [0.1, 0.15) is 5.56 Å². The van der Waals surface area contributed by atoms with Crippen LogP contribution in [0.4, 0.5) is 0 Å². The van der Waals surface area contributed by atoms with E-state index in [0.717, 1.165) is 5.56 Å². The lowest BCUT2D eigenvalue weighted by molar-refractivity contribution is 1.20. The number of hydrogen-bond donors (Lipinski definition) is 0. The van der Waals surface area contributed by atoms with Gasteiger partial charge >= 0.3 is 0 Å². The van der Waals surface area contributed by atoms with E-state index >= 15 is 0 Å². The Labute approximate surface area is 70.3 Å². The van der Waals surface area contributed by atoms with E-state index in [1.54, 1.807) is 5.37 Å². The zero-order chi connectivity index (χ0) is 7.68. The first-order valence-corrected chi connectivity index (χ1v) is 3.90. The van der Waals surface area contributed by atoms with Gasteiger partial charge in [0.05, 0.1) is 5.52 Å². The molecule has 0 amide bonds. The van der Waals surface area contributed by atoms with Crippen molar-refractivity contribution in [3.05, 3.63) is 42.2 Å². The number of aromatic nitrogens is 1. The highest BCUT2D eigenvalue weighted by molar-refractivity contribution is 7.79. The second-order valence-corrected chi connectivity index (χ2v) is 2.62. The molecular formula is C9H7NS. The summed E-state index contributed by atoms with van der Waals surface area (Å²) in [6.07, 6.45) is 4.02. The molecule has 0 saturated heterocycles. The number of fused-ring (bicyclic) bond motifs is 1. The van der Waals surface area contributed by atoms with Gasteiger partial charge in [-0.1, -0.05) is 18.3 Å². The van der Waals surface area contributed by atoms with Gasteiger partial charge in [0.1, 0.15) is 0 Å². The lowest BCUT2D eigenvalue weighted by atomic mass is 10.3. The van der Waals surface area contributed by atoms with E-state index in [2.05, 4.69) is 10.5 Å². The third-order valence-electron chi connectivity index (χ3n) is 1.73. The molecule has 0 saturated carbocycles. The fourth-order valence-corrected chi connectivity index (χ4v) is 1.38. The third kappa shape index (κ3) is 0.955. The summed E-state index contributed by atoms with van der Waals surface area (Å²) in [4.78, 5) is 0. The van der Waals surface area contributed by atoms with Crippen molar-refractivity contribution in [2.24, 2.45) is 0 Å². The maximum absolute atomic E-state index is 4.86. The first-order chi connectivity index (χ1) is 5.42. The molecule has 0 aromatic carbocycles. The zero-order valence-electron chi connectivity index (χ0n) is 5.90. The first kappa shape index (κ1) is 6.55. The van der Waals surface area contributed by atoms with Gasteiger partial charge in [-0.3, -0.25) is 0 Å². The summed E-state index contributed by atoms with van der Waals surface area (Å²) in [5.74, 6) is 0. The van der Waals surface area contributed by atoms with Crippen LogP contribution in [0.5, 0.6) is 0 Å².